The van der Waals surface area contributed by atoms with E-state index in [1.165, 1.54) is 0 Å². The van der Waals surface area contributed by atoms with Gasteiger partial charge in [0.05, 0.1) is 17.1 Å². The molecule has 0 amide bonds. The molecule has 0 aliphatic carbocycles. The number of nitrogens with zero attached hydrogens (tertiary/aromatic N) is 2. The second kappa shape index (κ2) is 5.16. The van der Waals surface area contributed by atoms with Gasteiger partial charge >= 0.3 is 0 Å². The molecule has 1 unspecified atom stereocenters. The summed E-state index contributed by atoms with van der Waals surface area (Å²) in [6.07, 6.45) is 0.754. The summed E-state index contributed by atoms with van der Waals surface area (Å²) in [5.74, 6) is 0.996. The molecule has 0 fully saturated rings. The van der Waals surface area contributed by atoms with Gasteiger partial charge in [-0.05, 0) is 18.2 Å². The molecule has 0 saturated heterocycles. The predicted molar refractivity (Wildman–Crippen MR) is 72.0 cm³/mol. The number of imidazole rings is 1. The number of fused-ring (bicyclic) bond motifs is 1. The second-order valence-electron chi connectivity index (χ2n) is 4.02. The molecular formula is C12H16BrN3O. The van der Waals surface area contributed by atoms with Crippen molar-refractivity contribution in [3.63, 3.8) is 0 Å². The maximum Gasteiger partial charge on any atom is 0.112 e. The Labute approximate surface area is 109 Å². The molecule has 1 aromatic carbocycles. The van der Waals surface area contributed by atoms with Crippen molar-refractivity contribution in [2.24, 2.45) is 12.8 Å². The minimum Gasteiger partial charge on any atom is -0.380 e. The Hall–Kier alpha value is -0.910. The Balaban J connectivity index is 2.38. The van der Waals surface area contributed by atoms with E-state index in [-0.39, 0.29) is 6.10 Å². The van der Waals surface area contributed by atoms with E-state index in [1.54, 1.807) is 7.11 Å². The maximum absolute atomic E-state index is 5.63. The number of ether oxygens (including phenoxy) is 1. The van der Waals surface area contributed by atoms with Crippen LogP contribution < -0.4 is 5.73 Å². The molecule has 4 nitrogen and oxygen atoms in total. The lowest BCUT2D eigenvalue weighted by Gasteiger charge is -2.12. The molecule has 0 radical (unpaired) electrons. The van der Waals surface area contributed by atoms with Crippen LogP contribution in [0.4, 0.5) is 0 Å². The monoisotopic (exact) mass is 297 g/mol. The van der Waals surface area contributed by atoms with E-state index in [0.29, 0.717) is 6.54 Å². The van der Waals surface area contributed by atoms with E-state index < -0.39 is 0 Å². The normalized spacial score (nSPS) is 13.2. The lowest BCUT2D eigenvalue weighted by Crippen LogP contribution is -2.25. The van der Waals surface area contributed by atoms with Crippen LogP contribution in [0.25, 0.3) is 11.0 Å². The first-order valence-corrected chi connectivity index (χ1v) is 6.28. The number of nitrogens with two attached hydrogens (primary N) is 1. The van der Waals surface area contributed by atoms with Crippen molar-refractivity contribution in [1.29, 1.82) is 0 Å². The molecular weight excluding hydrogens is 282 g/mol. The van der Waals surface area contributed by atoms with E-state index in [1.807, 2.05) is 19.2 Å². The van der Waals surface area contributed by atoms with Gasteiger partial charge in [0.1, 0.15) is 5.82 Å². The molecule has 0 saturated carbocycles. The average molecular weight is 298 g/mol. The van der Waals surface area contributed by atoms with Crippen molar-refractivity contribution >= 4 is 27.0 Å². The third-order valence-electron chi connectivity index (χ3n) is 2.94. The molecule has 0 aliphatic heterocycles. The molecule has 1 atom stereocenters. The van der Waals surface area contributed by atoms with E-state index >= 15 is 0 Å². The van der Waals surface area contributed by atoms with Crippen LogP contribution in [-0.2, 0) is 18.2 Å². The lowest BCUT2D eigenvalue weighted by atomic mass is 10.2. The summed E-state index contributed by atoms with van der Waals surface area (Å²) in [4.78, 5) is 4.61. The summed E-state index contributed by atoms with van der Waals surface area (Å²) >= 11 is 3.45. The van der Waals surface area contributed by atoms with Gasteiger partial charge in [0, 0.05) is 31.6 Å². The molecule has 0 aliphatic rings. The summed E-state index contributed by atoms with van der Waals surface area (Å²) in [5, 5.41) is 0. The van der Waals surface area contributed by atoms with Crippen LogP contribution in [0, 0.1) is 0 Å². The number of halogens is 1. The fourth-order valence-electron chi connectivity index (χ4n) is 1.87. The number of benzene rings is 1. The highest BCUT2D eigenvalue weighted by molar-refractivity contribution is 9.10. The highest BCUT2D eigenvalue weighted by atomic mass is 79.9. The van der Waals surface area contributed by atoms with Gasteiger partial charge in [-0.15, -0.1) is 0 Å². The van der Waals surface area contributed by atoms with Gasteiger partial charge in [0.15, 0.2) is 0 Å². The molecule has 1 heterocycles. The third kappa shape index (κ3) is 2.51. The van der Waals surface area contributed by atoms with Crippen LogP contribution in [0.3, 0.4) is 0 Å². The standard InChI is InChI=1S/C12H16BrN3O/c1-16-11-4-3-8(13)5-10(11)15-12(16)6-9(7-14)17-2/h3-5,9H,6-7,14H2,1-2H3. The smallest absolute Gasteiger partial charge is 0.112 e. The zero-order valence-corrected chi connectivity index (χ0v) is 11.6. The van der Waals surface area contributed by atoms with Crippen molar-refractivity contribution in [1.82, 2.24) is 9.55 Å². The fraction of sp³-hybridized carbons (Fsp3) is 0.417. The SMILES string of the molecule is COC(CN)Cc1nc2cc(Br)ccc2n1C. The number of hydrogen-bond acceptors (Lipinski definition) is 3. The van der Waals surface area contributed by atoms with Crippen molar-refractivity contribution in [2.45, 2.75) is 12.5 Å². The Kier molecular flexibility index (Phi) is 3.81. The summed E-state index contributed by atoms with van der Waals surface area (Å²) in [6, 6.07) is 6.09. The van der Waals surface area contributed by atoms with Crippen LogP contribution >= 0.6 is 15.9 Å². The number of hydrogen-bond donors (Lipinski definition) is 1. The largest absolute Gasteiger partial charge is 0.380 e. The highest BCUT2D eigenvalue weighted by Crippen LogP contribution is 2.20. The average Bonchev–Trinajstić information content (AvgIpc) is 2.62. The number of rotatable bonds is 4. The third-order valence-corrected chi connectivity index (χ3v) is 3.44. The Morgan fingerprint density at radius 2 is 2.29 bits per heavy atom. The van der Waals surface area contributed by atoms with Crippen LogP contribution in [0.2, 0.25) is 0 Å². The van der Waals surface area contributed by atoms with Crippen LogP contribution in [0.15, 0.2) is 22.7 Å². The molecule has 0 bridgehead atoms. The van der Waals surface area contributed by atoms with Gasteiger partial charge in [0.25, 0.3) is 0 Å². The summed E-state index contributed by atoms with van der Waals surface area (Å²) < 4.78 is 8.42. The number of aromatic nitrogens is 2. The number of methoxy groups -OCH3 is 1. The molecule has 2 aromatic rings. The van der Waals surface area contributed by atoms with Gasteiger partial charge in [-0.25, -0.2) is 4.98 Å². The summed E-state index contributed by atoms with van der Waals surface area (Å²) in [5.41, 5.74) is 7.74. The molecule has 0 spiro atoms. The minimum atomic E-state index is 0.0222. The Morgan fingerprint density at radius 3 is 2.94 bits per heavy atom. The zero-order chi connectivity index (χ0) is 12.4. The van der Waals surface area contributed by atoms with Crippen LogP contribution in [0.1, 0.15) is 5.82 Å². The molecule has 2 rings (SSSR count). The highest BCUT2D eigenvalue weighted by Gasteiger charge is 2.13. The first-order chi connectivity index (χ1) is 8.15. The van der Waals surface area contributed by atoms with Gasteiger partial charge in [0.2, 0.25) is 0 Å². The quantitative estimate of drug-likeness (QED) is 0.937. The zero-order valence-electron chi connectivity index (χ0n) is 9.98. The molecule has 2 N–H and O–H groups in total. The molecule has 92 valence electrons. The van der Waals surface area contributed by atoms with Gasteiger partial charge in [-0.3, -0.25) is 0 Å². The van der Waals surface area contributed by atoms with Gasteiger partial charge in [-0.2, -0.15) is 0 Å². The van der Waals surface area contributed by atoms with Crippen molar-refractivity contribution in [3.8, 4) is 0 Å². The minimum absolute atomic E-state index is 0.0222. The number of aryl methyl sites for hydroxylation is 1. The molecule has 5 heteroatoms. The fourth-order valence-corrected chi connectivity index (χ4v) is 2.22. The topological polar surface area (TPSA) is 53.1 Å². The summed E-state index contributed by atoms with van der Waals surface area (Å²) in [7, 11) is 3.69. The first kappa shape index (κ1) is 12.5. The van der Waals surface area contributed by atoms with Gasteiger partial charge in [-0.1, -0.05) is 15.9 Å². The van der Waals surface area contributed by atoms with Crippen molar-refractivity contribution in [2.75, 3.05) is 13.7 Å². The maximum atomic E-state index is 5.63. The van der Waals surface area contributed by atoms with Crippen LogP contribution in [-0.4, -0.2) is 29.3 Å². The van der Waals surface area contributed by atoms with E-state index in [2.05, 4.69) is 31.5 Å². The van der Waals surface area contributed by atoms with E-state index in [4.69, 9.17) is 10.5 Å². The van der Waals surface area contributed by atoms with Crippen molar-refractivity contribution in [3.05, 3.63) is 28.5 Å². The predicted octanol–water partition coefficient (Wildman–Crippen LogP) is 1.85. The second-order valence-corrected chi connectivity index (χ2v) is 4.93. The molecule has 17 heavy (non-hydrogen) atoms. The Bertz CT molecular complexity index is 520. The Morgan fingerprint density at radius 1 is 1.53 bits per heavy atom. The summed E-state index contributed by atoms with van der Waals surface area (Å²) in [6.45, 7) is 0.503. The lowest BCUT2D eigenvalue weighted by molar-refractivity contribution is 0.108. The van der Waals surface area contributed by atoms with E-state index in [0.717, 1.165) is 27.8 Å². The first-order valence-electron chi connectivity index (χ1n) is 5.49. The van der Waals surface area contributed by atoms with Crippen LogP contribution in [0.5, 0.6) is 0 Å². The molecule has 1 aromatic heterocycles. The van der Waals surface area contributed by atoms with Gasteiger partial charge < -0.3 is 15.0 Å². The van der Waals surface area contributed by atoms with Crippen molar-refractivity contribution < 1.29 is 4.74 Å². The van der Waals surface area contributed by atoms with E-state index in [9.17, 15) is 0 Å².